The van der Waals surface area contributed by atoms with Gasteiger partial charge in [-0.2, -0.15) is 0 Å². The summed E-state index contributed by atoms with van der Waals surface area (Å²) in [4.78, 5) is 22.8. The first-order chi connectivity index (χ1) is 8.58. The topological polar surface area (TPSA) is 66.4 Å². The number of carboxylic acid groups (broad SMARTS) is 1. The van der Waals surface area contributed by atoms with Gasteiger partial charge in [0.05, 0.1) is 5.25 Å². The van der Waals surface area contributed by atoms with E-state index in [-0.39, 0.29) is 11.2 Å². The Kier molecular flexibility index (Phi) is 3.91. The third kappa shape index (κ3) is 2.85. The average molecular weight is 265 g/mol. The molecule has 1 aromatic carbocycles. The van der Waals surface area contributed by atoms with Gasteiger partial charge in [-0.15, -0.1) is 11.8 Å². The van der Waals surface area contributed by atoms with Crippen molar-refractivity contribution in [1.82, 2.24) is 0 Å². The molecule has 0 aromatic heterocycles. The molecule has 2 N–H and O–H groups in total. The highest BCUT2D eigenvalue weighted by atomic mass is 32.2. The predicted molar refractivity (Wildman–Crippen MR) is 71.9 cm³/mol. The van der Waals surface area contributed by atoms with Crippen molar-refractivity contribution in [1.29, 1.82) is 0 Å². The Morgan fingerprint density at radius 2 is 2.22 bits per heavy atom. The molecule has 96 valence electrons. The first kappa shape index (κ1) is 13.0. The average Bonchev–Trinajstić information content (AvgIpc) is 2.49. The maximum atomic E-state index is 12.0. The van der Waals surface area contributed by atoms with Crippen LogP contribution in [0.5, 0.6) is 0 Å². The minimum absolute atomic E-state index is 0.0990. The molecule has 0 bridgehead atoms. The van der Waals surface area contributed by atoms with Crippen molar-refractivity contribution in [2.24, 2.45) is 0 Å². The molecule has 0 saturated carbocycles. The zero-order valence-corrected chi connectivity index (χ0v) is 10.9. The van der Waals surface area contributed by atoms with E-state index in [1.54, 1.807) is 6.92 Å². The minimum atomic E-state index is -0.880. The van der Waals surface area contributed by atoms with E-state index in [9.17, 15) is 9.59 Å². The van der Waals surface area contributed by atoms with Crippen molar-refractivity contribution in [3.05, 3.63) is 29.8 Å². The van der Waals surface area contributed by atoms with E-state index in [4.69, 9.17) is 5.11 Å². The van der Waals surface area contributed by atoms with E-state index in [0.29, 0.717) is 6.42 Å². The molecule has 1 heterocycles. The lowest BCUT2D eigenvalue weighted by molar-refractivity contribution is -0.136. The van der Waals surface area contributed by atoms with Gasteiger partial charge in [0, 0.05) is 5.69 Å². The Bertz CT molecular complexity index is 475. The van der Waals surface area contributed by atoms with Gasteiger partial charge in [0.25, 0.3) is 0 Å². The molecule has 18 heavy (non-hydrogen) atoms. The van der Waals surface area contributed by atoms with Gasteiger partial charge in [-0.1, -0.05) is 18.2 Å². The predicted octanol–water partition coefficient (Wildman–Crippen LogP) is 2.15. The van der Waals surface area contributed by atoms with E-state index in [0.717, 1.165) is 17.7 Å². The summed E-state index contributed by atoms with van der Waals surface area (Å²) in [6.45, 7) is 1.61. The van der Waals surface area contributed by atoms with Crippen molar-refractivity contribution >= 4 is 29.3 Å². The second-order valence-corrected chi connectivity index (χ2v) is 5.84. The third-order valence-electron chi connectivity index (χ3n) is 2.96. The number of carboxylic acids is 1. The fourth-order valence-corrected chi connectivity index (χ4v) is 2.97. The zero-order chi connectivity index (χ0) is 13.1. The van der Waals surface area contributed by atoms with Crippen LogP contribution >= 0.6 is 11.8 Å². The van der Waals surface area contributed by atoms with Crippen LogP contribution in [-0.4, -0.2) is 27.5 Å². The molecule has 0 spiro atoms. The van der Waals surface area contributed by atoms with Gasteiger partial charge in [-0.25, -0.2) is 0 Å². The summed E-state index contributed by atoms with van der Waals surface area (Å²) in [5, 5.41) is 10.9. The number of fused-ring (bicyclic) bond motifs is 1. The van der Waals surface area contributed by atoms with Gasteiger partial charge < -0.3 is 10.4 Å². The number of aliphatic carboxylic acids is 1. The maximum Gasteiger partial charge on any atom is 0.316 e. The highest BCUT2D eigenvalue weighted by molar-refractivity contribution is 8.01. The van der Waals surface area contributed by atoms with Gasteiger partial charge in [-0.3, -0.25) is 9.59 Å². The van der Waals surface area contributed by atoms with Gasteiger partial charge in [0.15, 0.2) is 0 Å². The SMILES string of the molecule is C[C@@H](S[C@H]1CCc2ccccc2NC1=O)C(=O)O. The summed E-state index contributed by atoms with van der Waals surface area (Å²) in [5.74, 6) is -0.979. The highest BCUT2D eigenvalue weighted by Gasteiger charge is 2.27. The van der Waals surface area contributed by atoms with E-state index in [2.05, 4.69) is 5.32 Å². The van der Waals surface area contributed by atoms with Gasteiger partial charge >= 0.3 is 5.97 Å². The van der Waals surface area contributed by atoms with Crippen molar-refractivity contribution < 1.29 is 14.7 Å². The molecule has 0 aliphatic carbocycles. The summed E-state index contributed by atoms with van der Waals surface area (Å²) >= 11 is 1.21. The number of hydrogen-bond acceptors (Lipinski definition) is 3. The lowest BCUT2D eigenvalue weighted by Crippen LogP contribution is -2.27. The normalized spacial score (nSPS) is 20.5. The highest BCUT2D eigenvalue weighted by Crippen LogP contribution is 2.29. The first-order valence-electron chi connectivity index (χ1n) is 5.85. The molecule has 2 atom stereocenters. The van der Waals surface area contributed by atoms with E-state index < -0.39 is 11.2 Å². The van der Waals surface area contributed by atoms with Crippen molar-refractivity contribution in [3.8, 4) is 0 Å². The van der Waals surface area contributed by atoms with Gasteiger partial charge in [-0.05, 0) is 31.4 Å². The second kappa shape index (κ2) is 5.44. The van der Waals surface area contributed by atoms with Crippen LogP contribution in [0.15, 0.2) is 24.3 Å². The van der Waals surface area contributed by atoms with Crippen LogP contribution in [0, 0.1) is 0 Å². The van der Waals surface area contributed by atoms with E-state index in [1.165, 1.54) is 11.8 Å². The smallest absolute Gasteiger partial charge is 0.316 e. The lowest BCUT2D eigenvalue weighted by atomic mass is 10.1. The number of para-hydroxylation sites is 1. The molecule has 2 rings (SSSR count). The van der Waals surface area contributed by atoms with Gasteiger partial charge in [0.2, 0.25) is 5.91 Å². The number of amides is 1. The maximum absolute atomic E-state index is 12.0. The number of hydrogen-bond donors (Lipinski definition) is 2. The zero-order valence-electron chi connectivity index (χ0n) is 10.1. The summed E-state index contributed by atoms with van der Waals surface area (Å²) in [6, 6.07) is 7.69. The minimum Gasteiger partial charge on any atom is -0.480 e. The number of rotatable bonds is 3. The molecule has 1 aliphatic rings. The number of nitrogens with one attached hydrogen (secondary N) is 1. The van der Waals surface area contributed by atoms with Crippen LogP contribution < -0.4 is 5.32 Å². The molecule has 1 aliphatic heterocycles. The molecular formula is C13H15NO3S. The van der Waals surface area contributed by atoms with E-state index >= 15 is 0 Å². The Balaban J connectivity index is 2.10. The molecule has 1 aromatic rings. The van der Waals surface area contributed by atoms with Crippen molar-refractivity contribution in [2.75, 3.05) is 5.32 Å². The Morgan fingerprint density at radius 3 is 2.94 bits per heavy atom. The monoisotopic (exact) mass is 265 g/mol. The molecule has 0 radical (unpaired) electrons. The summed E-state index contributed by atoms with van der Waals surface area (Å²) in [6.07, 6.45) is 1.46. The number of anilines is 1. The molecule has 0 fully saturated rings. The largest absolute Gasteiger partial charge is 0.480 e. The fourth-order valence-electron chi connectivity index (χ4n) is 1.93. The Labute approximate surface area is 110 Å². The molecule has 5 heteroatoms. The quantitative estimate of drug-likeness (QED) is 0.878. The summed E-state index contributed by atoms with van der Waals surface area (Å²) in [7, 11) is 0. The van der Waals surface area contributed by atoms with Crippen LogP contribution in [0.25, 0.3) is 0 Å². The van der Waals surface area contributed by atoms with Crippen molar-refractivity contribution in [3.63, 3.8) is 0 Å². The molecular weight excluding hydrogens is 250 g/mol. The summed E-state index contributed by atoms with van der Waals surface area (Å²) in [5.41, 5.74) is 1.95. The number of benzene rings is 1. The van der Waals surface area contributed by atoms with Crippen LogP contribution in [0.2, 0.25) is 0 Å². The summed E-state index contributed by atoms with van der Waals surface area (Å²) < 4.78 is 0. The van der Waals surface area contributed by atoms with Crippen LogP contribution in [-0.2, 0) is 16.0 Å². The Hall–Kier alpha value is -1.49. The molecule has 0 unspecified atom stereocenters. The fraction of sp³-hybridized carbons (Fsp3) is 0.385. The Morgan fingerprint density at radius 1 is 1.50 bits per heavy atom. The standard InChI is InChI=1S/C13H15NO3S/c1-8(13(16)17)18-11-7-6-9-4-2-3-5-10(9)14-12(11)15/h2-5,8,11H,6-7H2,1H3,(H,14,15)(H,16,17)/t8-,11+/m1/s1. The number of carbonyl (C=O) groups excluding carboxylic acids is 1. The molecule has 0 saturated heterocycles. The van der Waals surface area contributed by atoms with Crippen LogP contribution in [0.4, 0.5) is 5.69 Å². The van der Waals surface area contributed by atoms with Crippen LogP contribution in [0.1, 0.15) is 18.9 Å². The van der Waals surface area contributed by atoms with Crippen molar-refractivity contribution in [2.45, 2.75) is 30.3 Å². The third-order valence-corrected chi connectivity index (χ3v) is 4.35. The number of thioether (sulfide) groups is 1. The lowest BCUT2D eigenvalue weighted by Gasteiger charge is -2.15. The first-order valence-corrected chi connectivity index (χ1v) is 6.79. The second-order valence-electron chi connectivity index (χ2n) is 4.29. The van der Waals surface area contributed by atoms with Crippen LogP contribution in [0.3, 0.4) is 0 Å². The molecule has 1 amide bonds. The number of aryl methyl sites for hydroxylation is 1. The molecule has 4 nitrogen and oxygen atoms in total. The van der Waals surface area contributed by atoms with E-state index in [1.807, 2.05) is 24.3 Å². The van der Waals surface area contributed by atoms with Gasteiger partial charge in [0.1, 0.15) is 5.25 Å². The number of carbonyl (C=O) groups is 2.